The second kappa shape index (κ2) is 6.79. The molecule has 0 aromatic heterocycles. The third-order valence-corrected chi connectivity index (χ3v) is 4.33. The van der Waals surface area contributed by atoms with Crippen LogP contribution < -0.4 is 5.32 Å². The summed E-state index contributed by atoms with van der Waals surface area (Å²) < 4.78 is 0. The van der Waals surface area contributed by atoms with Crippen LogP contribution in [-0.2, 0) is 9.59 Å². The van der Waals surface area contributed by atoms with Crippen LogP contribution in [0.25, 0.3) is 0 Å². The summed E-state index contributed by atoms with van der Waals surface area (Å²) in [5, 5.41) is 3.01. The van der Waals surface area contributed by atoms with Crippen LogP contribution >= 0.6 is 11.8 Å². The number of hydrogen-bond donors (Lipinski definition) is 1. The zero-order valence-electron chi connectivity index (χ0n) is 11.9. The quantitative estimate of drug-likeness (QED) is 0.904. The van der Waals surface area contributed by atoms with Gasteiger partial charge in [0.1, 0.15) is 6.54 Å². The first-order chi connectivity index (χ1) is 9.60. The first kappa shape index (κ1) is 14.9. The zero-order valence-corrected chi connectivity index (χ0v) is 12.7. The molecule has 5 heteroatoms. The highest BCUT2D eigenvalue weighted by molar-refractivity contribution is 8.00. The Hall–Kier alpha value is -1.49. The van der Waals surface area contributed by atoms with Gasteiger partial charge in [-0.25, -0.2) is 0 Å². The van der Waals surface area contributed by atoms with Crippen LogP contribution in [0, 0.1) is 6.92 Å². The Morgan fingerprint density at radius 1 is 1.40 bits per heavy atom. The molecule has 1 heterocycles. The average Bonchev–Trinajstić information content (AvgIpc) is 2.83. The number of aryl methyl sites for hydroxylation is 1. The lowest BCUT2D eigenvalue weighted by Gasteiger charge is -2.20. The molecule has 0 radical (unpaired) electrons. The van der Waals surface area contributed by atoms with E-state index >= 15 is 0 Å². The Balaban J connectivity index is 1.94. The van der Waals surface area contributed by atoms with Crippen molar-refractivity contribution in [3.63, 3.8) is 0 Å². The normalized spacial score (nSPS) is 16.3. The van der Waals surface area contributed by atoms with Crippen LogP contribution in [0.4, 0.5) is 0 Å². The predicted molar refractivity (Wildman–Crippen MR) is 81.4 cm³/mol. The van der Waals surface area contributed by atoms with E-state index in [0.717, 1.165) is 12.0 Å². The largest absolute Gasteiger partial charge is 0.348 e. The number of hydrogen-bond acceptors (Lipinski definition) is 3. The number of carbonyl (C=O) groups excluding carboxylic acids is 2. The first-order valence-electron chi connectivity index (χ1n) is 6.81. The van der Waals surface area contributed by atoms with Crippen molar-refractivity contribution in [1.82, 2.24) is 10.2 Å². The van der Waals surface area contributed by atoms with Crippen molar-refractivity contribution in [2.45, 2.75) is 26.3 Å². The third kappa shape index (κ3) is 3.76. The van der Waals surface area contributed by atoms with Crippen molar-refractivity contribution < 1.29 is 9.59 Å². The molecule has 2 amide bonds. The summed E-state index contributed by atoms with van der Waals surface area (Å²) in [5.74, 6) is 1.07. The number of thioether (sulfide) groups is 1. The summed E-state index contributed by atoms with van der Waals surface area (Å²) in [6.45, 7) is 4.25. The van der Waals surface area contributed by atoms with E-state index in [1.165, 1.54) is 5.56 Å². The molecule has 1 aliphatic rings. The minimum atomic E-state index is -0.0896. The van der Waals surface area contributed by atoms with Crippen LogP contribution in [0.3, 0.4) is 0 Å². The number of nitrogens with zero attached hydrogens (tertiary/aromatic N) is 1. The monoisotopic (exact) mass is 292 g/mol. The van der Waals surface area contributed by atoms with Gasteiger partial charge in [0.2, 0.25) is 11.8 Å². The van der Waals surface area contributed by atoms with Crippen molar-refractivity contribution in [1.29, 1.82) is 0 Å². The molecule has 1 N–H and O–H groups in total. The lowest BCUT2D eigenvalue weighted by molar-refractivity contribution is -0.132. The minimum Gasteiger partial charge on any atom is -0.348 e. The van der Waals surface area contributed by atoms with Gasteiger partial charge in [-0.3, -0.25) is 9.59 Å². The molecule has 1 aliphatic heterocycles. The van der Waals surface area contributed by atoms with Crippen LogP contribution in [0.1, 0.15) is 30.5 Å². The minimum absolute atomic E-state index is 0.00783. The molecule has 108 valence electrons. The molecule has 1 unspecified atom stereocenters. The molecule has 20 heavy (non-hydrogen) atoms. The Bertz CT molecular complexity index is 487. The lowest BCUT2D eigenvalue weighted by Crippen LogP contribution is -2.39. The van der Waals surface area contributed by atoms with Gasteiger partial charge in [0.25, 0.3) is 0 Å². The summed E-state index contributed by atoms with van der Waals surface area (Å²) in [7, 11) is 0. The van der Waals surface area contributed by atoms with Gasteiger partial charge >= 0.3 is 0 Å². The number of carbonyl (C=O) groups is 2. The number of nitrogens with one attached hydrogen (secondary N) is 1. The van der Waals surface area contributed by atoms with E-state index < -0.39 is 0 Å². The van der Waals surface area contributed by atoms with E-state index in [1.807, 2.05) is 38.1 Å². The van der Waals surface area contributed by atoms with E-state index in [0.29, 0.717) is 11.6 Å². The molecule has 0 bridgehead atoms. The summed E-state index contributed by atoms with van der Waals surface area (Å²) in [6.07, 6.45) is 0.831. The fraction of sp³-hybridized carbons (Fsp3) is 0.467. The average molecular weight is 292 g/mol. The molecule has 0 spiro atoms. The zero-order chi connectivity index (χ0) is 14.5. The van der Waals surface area contributed by atoms with Gasteiger partial charge in [-0.1, -0.05) is 36.8 Å². The topological polar surface area (TPSA) is 49.4 Å². The molecule has 1 aromatic carbocycles. The van der Waals surface area contributed by atoms with Crippen molar-refractivity contribution in [2.24, 2.45) is 0 Å². The van der Waals surface area contributed by atoms with Gasteiger partial charge in [-0.2, -0.15) is 0 Å². The predicted octanol–water partition coefficient (Wildman–Crippen LogP) is 2.10. The Labute approximate surface area is 123 Å². The smallest absolute Gasteiger partial charge is 0.240 e. The molecule has 4 nitrogen and oxygen atoms in total. The second-order valence-corrected chi connectivity index (χ2v) is 5.96. The molecular weight excluding hydrogens is 272 g/mol. The van der Waals surface area contributed by atoms with E-state index in [1.54, 1.807) is 16.7 Å². The van der Waals surface area contributed by atoms with Gasteiger partial charge in [0.15, 0.2) is 0 Å². The molecule has 0 saturated carbocycles. The van der Waals surface area contributed by atoms with E-state index in [-0.39, 0.29) is 24.4 Å². The highest BCUT2D eigenvalue weighted by Gasteiger charge is 2.23. The molecule has 1 aromatic rings. The van der Waals surface area contributed by atoms with Crippen molar-refractivity contribution in [2.75, 3.05) is 18.2 Å². The third-order valence-electron chi connectivity index (χ3n) is 3.38. The molecule has 1 saturated heterocycles. The SMILES string of the molecule is CCC(NC(=O)CN1CSCC1=O)c1ccc(C)cc1. The van der Waals surface area contributed by atoms with E-state index in [2.05, 4.69) is 5.32 Å². The van der Waals surface area contributed by atoms with Gasteiger partial charge in [0, 0.05) is 0 Å². The molecule has 1 atom stereocenters. The highest BCUT2D eigenvalue weighted by atomic mass is 32.2. The van der Waals surface area contributed by atoms with Crippen LogP contribution in [-0.4, -0.2) is 34.9 Å². The van der Waals surface area contributed by atoms with Gasteiger partial charge in [-0.05, 0) is 18.9 Å². The number of amides is 2. The fourth-order valence-corrected chi connectivity index (χ4v) is 3.08. The summed E-state index contributed by atoms with van der Waals surface area (Å²) in [6, 6.07) is 8.19. The number of rotatable bonds is 5. The molecule has 0 aliphatic carbocycles. The van der Waals surface area contributed by atoms with E-state index in [4.69, 9.17) is 0 Å². The maximum atomic E-state index is 12.0. The van der Waals surface area contributed by atoms with Crippen molar-refractivity contribution in [3.8, 4) is 0 Å². The van der Waals surface area contributed by atoms with Gasteiger partial charge < -0.3 is 10.2 Å². The van der Waals surface area contributed by atoms with Crippen molar-refractivity contribution in [3.05, 3.63) is 35.4 Å². The summed E-state index contributed by atoms with van der Waals surface area (Å²) >= 11 is 1.55. The molecule has 1 fully saturated rings. The van der Waals surface area contributed by atoms with E-state index in [9.17, 15) is 9.59 Å². The Kier molecular flexibility index (Phi) is 5.06. The standard InChI is InChI=1S/C15H20N2O2S/c1-3-13(12-6-4-11(2)5-7-12)16-14(18)8-17-10-20-9-15(17)19/h4-7,13H,3,8-10H2,1-2H3,(H,16,18). The summed E-state index contributed by atoms with van der Waals surface area (Å²) in [4.78, 5) is 25.1. The number of benzene rings is 1. The molecule has 2 rings (SSSR count). The Morgan fingerprint density at radius 2 is 2.10 bits per heavy atom. The lowest BCUT2D eigenvalue weighted by atomic mass is 10.0. The highest BCUT2D eigenvalue weighted by Crippen LogP contribution is 2.18. The molecular formula is C15H20N2O2S. The fourth-order valence-electron chi connectivity index (χ4n) is 2.17. The second-order valence-electron chi connectivity index (χ2n) is 5.01. The maximum Gasteiger partial charge on any atom is 0.240 e. The van der Waals surface area contributed by atoms with Crippen LogP contribution in [0.2, 0.25) is 0 Å². The van der Waals surface area contributed by atoms with Crippen LogP contribution in [0.5, 0.6) is 0 Å². The van der Waals surface area contributed by atoms with Gasteiger partial charge in [-0.15, -0.1) is 11.8 Å². The van der Waals surface area contributed by atoms with Gasteiger partial charge in [0.05, 0.1) is 17.7 Å². The summed E-state index contributed by atoms with van der Waals surface area (Å²) in [5.41, 5.74) is 2.31. The van der Waals surface area contributed by atoms with Crippen molar-refractivity contribution >= 4 is 23.6 Å². The first-order valence-corrected chi connectivity index (χ1v) is 7.97. The van der Waals surface area contributed by atoms with Crippen LogP contribution in [0.15, 0.2) is 24.3 Å². The Morgan fingerprint density at radius 3 is 2.65 bits per heavy atom. The maximum absolute atomic E-state index is 12.0.